The van der Waals surface area contributed by atoms with Gasteiger partial charge in [0.1, 0.15) is 0 Å². The Morgan fingerprint density at radius 3 is 0.953 bits per heavy atom. The Bertz CT molecular complexity index is 815. The molecule has 249 valence electrons. The summed E-state index contributed by atoms with van der Waals surface area (Å²) in [5.41, 5.74) is 12.8. The minimum atomic E-state index is -1.75. The monoisotopic (exact) mass is 639 g/mol. The van der Waals surface area contributed by atoms with Gasteiger partial charge in [-0.1, -0.05) is 81.1 Å². The number of nitrogen functional groups attached to an aromatic ring is 2. The number of anilines is 2. The van der Waals surface area contributed by atoms with Crippen molar-refractivity contribution in [2.45, 2.75) is 93.9 Å². The fourth-order valence-electron chi connectivity index (χ4n) is 1.75. The third-order valence-electron chi connectivity index (χ3n) is 3.52. The van der Waals surface area contributed by atoms with E-state index < -0.39 is 31.4 Å². The van der Waals surface area contributed by atoms with Crippen molar-refractivity contribution >= 4 is 23.3 Å². The van der Waals surface area contributed by atoms with Crippen LogP contribution in [-0.4, -0.2) is 25.8 Å². The zero-order chi connectivity index (χ0) is 35.1. The van der Waals surface area contributed by atoms with Crippen LogP contribution in [0.3, 0.4) is 0 Å². The first-order valence-electron chi connectivity index (χ1n) is 14.1. The van der Waals surface area contributed by atoms with Gasteiger partial charge in [-0.15, -0.1) is 0 Å². The molecule has 2 rings (SSSR count). The number of carbonyl (C=O) groups is 2. The molecule has 0 amide bonds. The van der Waals surface area contributed by atoms with Gasteiger partial charge in [0.2, 0.25) is 0 Å². The summed E-state index contributed by atoms with van der Waals surface area (Å²) in [5, 5.41) is 16.9. The second-order valence-corrected chi connectivity index (χ2v) is 11.8. The summed E-state index contributed by atoms with van der Waals surface area (Å²) in [5.74, 6) is -1.86. The first-order chi connectivity index (χ1) is 19.6. The van der Waals surface area contributed by atoms with Crippen molar-refractivity contribution in [2.75, 3.05) is 11.5 Å². The third-order valence-corrected chi connectivity index (χ3v) is 3.52. The van der Waals surface area contributed by atoms with Crippen LogP contribution >= 0.6 is 0 Å². The first-order valence-corrected chi connectivity index (χ1v) is 15.5. The average Bonchev–Trinajstić information content (AvgIpc) is 2.85. The average molecular weight is 640 g/mol. The number of rotatable bonds is 6. The van der Waals surface area contributed by atoms with Crippen molar-refractivity contribution < 1.29 is 46.3 Å². The molecular formula is C34H59N2O6Ti-4. The molecule has 0 saturated heterocycles. The summed E-state index contributed by atoms with van der Waals surface area (Å²) in [4.78, 5) is 20.5. The van der Waals surface area contributed by atoms with Crippen LogP contribution in [0.2, 0.25) is 0 Å². The van der Waals surface area contributed by atoms with Gasteiger partial charge in [-0.2, -0.15) is 23.7 Å². The van der Waals surface area contributed by atoms with Crippen LogP contribution in [0.5, 0.6) is 0 Å². The molecule has 0 atom stereocenters. The predicted octanol–water partition coefficient (Wildman–Crippen LogP) is 9.01. The van der Waals surface area contributed by atoms with Crippen LogP contribution in [0.1, 0.15) is 115 Å². The molecule has 0 spiro atoms. The molecule has 0 aromatic heterocycles. The SMILES string of the molecule is Nc1ccc(C(=O)O)cc1.Nc1ccc(C(=O)O)cc1.[CH2-]C(C)(C)C.[CH2-]C(C)(C)C.[CH2-]CCCC.[CH2-]CCCC.[O]=[Ti][OH]. The van der Waals surface area contributed by atoms with Crippen molar-refractivity contribution in [2.24, 2.45) is 10.8 Å². The Morgan fingerprint density at radius 1 is 0.674 bits per heavy atom. The van der Waals surface area contributed by atoms with E-state index in [9.17, 15) is 9.59 Å². The first kappa shape index (κ1) is 50.1. The molecule has 8 nitrogen and oxygen atoms in total. The Kier molecular flexibility index (Phi) is 37.7. The molecule has 2 aromatic carbocycles. The fraction of sp³-hybridized carbons (Fsp3) is 0.471. The Balaban J connectivity index is -0.000000136. The summed E-state index contributed by atoms with van der Waals surface area (Å²) < 4.78 is 15.8. The number of hydrogen-bond acceptors (Lipinski definition) is 5. The van der Waals surface area contributed by atoms with Gasteiger partial charge in [-0.05, 0) is 48.5 Å². The topological polar surface area (TPSA) is 164 Å². The van der Waals surface area contributed by atoms with Gasteiger partial charge in [0.05, 0.1) is 11.1 Å². The second kappa shape index (κ2) is 32.4. The molecule has 0 aliphatic rings. The summed E-state index contributed by atoms with van der Waals surface area (Å²) in [6, 6.07) is 12.1. The zero-order valence-electron chi connectivity index (χ0n) is 27.9. The van der Waals surface area contributed by atoms with Crippen molar-refractivity contribution in [3.63, 3.8) is 0 Å². The molecule has 0 aliphatic carbocycles. The van der Waals surface area contributed by atoms with E-state index in [-0.39, 0.29) is 22.0 Å². The Morgan fingerprint density at radius 2 is 0.860 bits per heavy atom. The third kappa shape index (κ3) is 63.8. The molecule has 0 saturated carbocycles. The van der Waals surface area contributed by atoms with E-state index >= 15 is 0 Å². The number of unbranched alkanes of at least 4 members (excludes halogenated alkanes) is 4. The van der Waals surface area contributed by atoms with Crippen molar-refractivity contribution in [1.82, 2.24) is 0 Å². The van der Waals surface area contributed by atoms with E-state index in [0.717, 1.165) is 12.8 Å². The fourth-order valence-corrected chi connectivity index (χ4v) is 1.75. The van der Waals surface area contributed by atoms with Gasteiger partial charge >= 0.3 is 38.5 Å². The van der Waals surface area contributed by atoms with Gasteiger partial charge in [-0.25, -0.2) is 9.59 Å². The molecule has 0 heterocycles. The molecule has 9 heteroatoms. The molecule has 7 N–H and O–H groups in total. The summed E-state index contributed by atoms with van der Waals surface area (Å²) in [6.45, 7) is 31.7. The van der Waals surface area contributed by atoms with Crippen molar-refractivity contribution in [1.29, 1.82) is 0 Å². The number of carboxylic acids is 2. The summed E-state index contributed by atoms with van der Waals surface area (Å²) in [7, 11) is 0. The number of nitrogens with two attached hydrogens (primary N) is 2. The molecular weight excluding hydrogens is 580 g/mol. The molecule has 0 bridgehead atoms. The maximum absolute atomic E-state index is 10.3. The van der Waals surface area contributed by atoms with E-state index in [1.54, 1.807) is 24.3 Å². The van der Waals surface area contributed by atoms with Gasteiger partial charge in [0.15, 0.2) is 0 Å². The van der Waals surface area contributed by atoms with E-state index in [0.29, 0.717) is 11.4 Å². The predicted molar refractivity (Wildman–Crippen MR) is 178 cm³/mol. The van der Waals surface area contributed by atoms with E-state index in [1.807, 2.05) is 0 Å². The molecule has 0 aliphatic heterocycles. The number of hydrogen-bond donors (Lipinski definition) is 5. The van der Waals surface area contributed by atoms with Crippen LogP contribution in [-0.2, 0) is 22.8 Å². The molecule has 0 unspecified atom stereocenters. The van der Waals surface area contributed by atoms with Gasteiger partial charge in [0, 0.05) is 11.4 Å². The van der Waals surface area contributed by atoms with E-state index in [2.05, 4.69) is 83.1 Å². The number of aromatic carboxylic acids is 2. The van der Waals surface area contributed by atoms with Crippen LogP contribution in [0.25, 0.3) is 0 Å². The standard InChI is InChI=1S/2C7H7NO2.4C5H11.H2O.O.Ti/c2*8-6-3-1-5(2-4-6)7(9)10;2*1-5(2,3)4;2*1-3-5-4-2;;;/h2*1-4H,8H2,(H,9,10);2*1H2,2-4H3;2*1,3-5H2,2H3;1H2;;/q;;4*-1;;;+1/p-1. The van der Waals surface area contributed by atoms with Gasteiger partial charge in [0.25, 0.3) is 0 Å². The zero-order valence-corrected chi connectivity index (χ0v) is 29.5. The molecule has 0 radical (unpaired) electrons. The van der Waals surface area contributed by atoms with E-state index in [4.69, 9.17) is 28.7 Å². The number of carboxylic acid groups (broad SMARTS) is 2. The Labute approximate surface area is 272 Å². The van der Waals surface area contributed by atoms with Crippen LogP contribution < -0.4 is 11.5 Å². The van der Waals surface area contributed by atoms with Gasteiger partial charge in [-0.3, -0.25) is 0 Å². The van der Waals surface area contributed by atoms with Gasteiger partial charge < -0.3 is 49.4 Å². The molecule has 43 heavy (non-hydrogen) atoms. The minimum absolute atomic E-state index is 0.250. The molecule has 0 fully saturated rings. The second-order valence-electron chi connectivity index (χ2n) is 11.5. The quantitative estimate of drug-likeness (QED) is 0.119. The van der Waals surface area contributed by atoms with Crippen LogP contribution in [0.15, 0.2) is 48.5 Å². The summed E-state index contributed by atoms with van der Waals surface area (Å²) in [6.07, 6.45) is 7.31. The van der Waals surface area contributed by atoms with Crippen molar-refractivity contribution in [3.8, 4) is 0 Å². The van der Waals surface area contributed by atoms with E-state index in [1.165, 1.54) is 49.9 Å². The number of benzene rings is 2. The van der Waals surface area contributed by atoms with Crippen LogP contribution in [0, 0.1) is 38.5 Å². The maximum atomic E-state index is 10.3. The molecule has 2 aromatic rings. The summed E-state index contributed by atoms with van der Waals surface area (Å²) >= 11 is -1.75. The normalized spacial score (nSPS) is 9.23. The Hall–Kier alpha value is -2.55. The van der Waals surface area contributed by atoms with Crippen molar-refractivity contribution in [3.05, 3.63) is 87.4 Å². The van der Waals surface area contributed by atoms with Crippen LogP contribution in [0.4, 0.5) is 11.4 Å².